The van der Waals surface area contributed by atoms with Gasteiger partial charge in [0.2, 0.25) is 0 Å². The Bertz CT molecular complexity index is 989. The molecule has 0 aliphatic carbocycles. The third-order valence-electron chi connectivity index (χ3n) is 4.32. The Labute approximate surface area is 165 Å². The van der Waals surface area contributed by atoms with Crippen molar-refractivity contribution in [2.75, 3.05) is 6.66 Å². The Morgan fingerprint density at radius 3 is 2.11 bits per heavy atom. The van der Waals surface area contributed by atoms with E-state index in [2.05, 4.69) is 4.99 Å². The van der Waals surface area contributed by atoms with Crippen LogP contribution in [0.25, 0.3) is 5.70 Å². The molecule has 2 aromatic carbocycles. The highest BCUT2D eigenvalue weighted by molar-refractivity contribution is 7.83. The number of aliphatic imine (C=N–C) groups is 1. The second-order valence-corrected chi connectivity index (χ2v) is 8.70. The van der Waals surface area contributed by atoms with Gasteiger partial charge >= 0.3 is 0 Å². The maximum absolute atomic E-state index is 13.1. The molecule has 28 heavy (non-hydrogen) atoms. The molecule has 2 aromatic rings. The summed E-state index contributed by atoms with van der Waals surface area (Å²) in [6, 6.07) is 13.3. The first-order valence-corrected chi connectivity index (χ1v) is 10.5. The van der Waals surface area contributed by atoms with Gasteiger partial charge in [-0.05, 0) is 81.3 Å². The van der Waals surface area contributed by atoms with Gasteiger partial charge in [-0.15, -0.1) is 0 Å². The van der Waals surface area contributed by atoms with Crippen LogP contribution >= 0.6 is 7.92 Å². The van der Waals surface area contributed by atoms with Gasteiger partial charge in [-0.3, -0.25) is 9.69 Å². The lowest BCUT2D eigenvalue weighted by atomic mass is 10.1. The summed E-state index contributed by atoms with van der Waals surface area (Å²) in [5.41, 5.74) is 8.66. The summed E-state index contributed by atoms with van der Waals surface area (Å²) in [6.45, 7) is 5.76. The maximum atomic E-state index is 13.1. The van der Waals surface area contributed by atoms with Crippen molar-refractivity contribution in [2.45, 2.75) is 13.8 Å². The van der Waals surface area contributed by atoms with E-state index in [9.17, 15) is 15.0 Å². The first-order valence-electron chi connectivity index (χ1n) is 8.67. The van der Waals surface area contributed by atoms with Gasteiger partial charge in [0.05, 0.1) is 5.70 Å². The van der Waals surface area contributed by atoms with Crippen LogP contribution in [-0.4, -0.2) is 33.1 Å². The Balaban J connectivity index is 1.94. The average molecular weight is 395 g/mol. The summed E-state index contributed by atoms with van der Waals surface area (Å²) in [6.07, 6.45) is 1.58. The molecule has 0 spiro atoms. The van der Waals surface area contributed by atoms with Crippen molar-refractivity contribution in [2.24, 2.45) is 10.7 Å². The van der Waals surface area contributed by atoms with Crippen LogP contribution in [0.15, 0.2) is 71.1 Å². The molecule has 0 saturated heterocycles. The summed E-state index contributed by atoms with van der Waals surface area (Å²) >= 11 is 0. The molecule has 0 aromatic heterocycles. The second-order valence-electron chi connectivity index (χ2n) is 6.64. The van der Waals surface area contributed by atoms with Crippen LogP contribution in [0, 0.1) is 0 Å². The summed E-state index contributed by atoms with van der Waals surface area (Å²) in [7, 11) is -0.980. The van der Waals surface area contributed by atoms with Crippen LogP contribution < -0.4 is 11.0 Å². The molecule has 1 aliphatic rings. The summed E-state index contributed by atoms with van der Waals surface area (Å²) in [5, 5.41) is 19.9. The van der Waals surface area contributed by atoms with Gasteiger partial charge < -0.3 is 15.9 Å². The highest BCUT2D eigenvalue weighted by Gasteiger charge is 2.33. The van der Waals surface area contributed by atoms with Crippen molar-refractivity contribution in [3.05, 3.63) is 71.7 Å². The molecule has 0 fully saturated rings. The SMILES string of the molecule is CC(C)=C1N=C(P(C)c2ccc(O)cc2)C(=O)N1/C=C(\N)c1ccc(O)cc1. The zero-order valence-electron chi connectivity index (χ0n) is 15.9. The van der Waals surface area contributed by atoms with Gasteiger partial charge in [-0.25, -0.2) is 4.99 Å². The lowest BCUT2D eigenvalue weighted by Crippen LogP contribution is -2.26. The van der Waals surface area contributed by atoms with Crippen LogP contribution in [-0.2, 0) is 4.79 Å². The third kappa shape index (κ3) is 3.92. The van der Waals surface area contributed by atoms with Crippen LogP contribution in [0.5, 0.6) is 11.5 Å². The average Bonchev–Trinajstić information content (AvgIpc) is 2.99. The fourth-order valence-electron chi connectivity index (χ4n) is 2.76. The number of hydrogen-bond acceptors (Lipinski definition) is 5. The number of allylic oxidation sites excluding steroid dienone is 1. The smallest absolute Gasteiger partial charge is 0.282 e. The lowest BCUT2D eigenvalue weighted by Gasteiger charge is -2.16. The molecule has 0 bridgehead atoms. The van der Waals surface area contributed by atoms with E-state index in [0.29, 0.717) is 22.5 Å². The standard InChI is InChI=1S/C21H22N3O3P/c1-13(2)19-23-20(28(3)17-10-8-16(26)9-11-17)21(27)24(19)12-18(22)14-4-6-15(25)7-5-14/h4-12,25-26H,22H2,1-3H3/b18-12-. The zero-order chi connectivity index (χ0) is 20.4. The summed E-state index contributed by atoms with van der Waals surface area (Å²) in [4.78, 5) is 19.2. The minimum Gasteiger partial charge on any atom is -0.508 e. The predicted molar refractivity (Wildman–Crippen MR) is 114 cm³/mol. The molecule has 0 radical (unpaired) electrons. The molecule has 6 nitrogen and oxygen atoms in total. The van der Waals surface area contributed by atoms with Crippen molar-refractivity contribution >= 4 is 30.3 Å². The molecule has 1 aliphatic heterocycles. The molecule has 7 heteroatoms. The van der Waals surface area contributed by atoms with Crippen molar-refractivity contribution in [1.82, 2.24) is 4.90 Å². The van der Waals surface area contributed by atoms with Crippen LogP contribution in [0.2, 0.25) is 0 Å². The van der Waals surface area contributed by atoms with E-state index in [4.69, 9.17) is 5.73 Å². The van der Waals surface area contributed by atoms with E-state index in [1.54, 1.807) is 42.6 Å². The van der Waals surface area contributed by atoms with Gasteiger partial charge in [0.15, 0.2) is 0 Å². The number of phenols is 2. The van der Waals surface area contributed by atoms with Crippen molar-refractivity contribution < 1.29 is 15.0 Å². The van der Waals surface area contributed by atoms with Gasteiger partial charge in [0.1, 0.15) is 22.8 Å². The molecule has 0 saturated carbocycles. The van der Waals surface area contributed by atoms with E-state index >= 15 is 0 Å². The number of rotatable bonds is 4. The zero-order valence-corrected chi connectivity index (χ0v) is 16.8. The molecule has 3 rings (SSSR count). The van der Waals surface area contributed by atoms with E-state index in [0.717, 1.165) is 10.9 Å². The maximum Gasteiger partial charge on any atom is 0.282 e. The minimum atomic E-state index is -0.980. The van der Waals surface area contributed by atoms with Crippen LogP contribution in [0.1, 0.15) is 19.4 Å². The molecule has 1 unspecified atom stereocenters. The lowest BCUT2D eigenvalue weighted by molar-refractivity contribution is -0.119. The van der Waals surface area contributed by atoms with E-state index in [1.165, 1.54) is 4.90 Å². The molecule has 1 amide bonds. The van der Waals surface area contributed by atoms with Crippen LogP contribution in [0.3, 0.4) is 0 Å². The highest BCUT2D eigenvalue weighted by atomic mass is 31.1. The number of carbonyl (C=O) groups is 1. The normalized spacial score (nSPS) is 15.6. The minimum absolute atomic E-state index is 0.148. The number of hydrogen-bond donors (Lipinski definition) is 3. The number of nitrogens with zero attached hydrogens (tertiary/aromatic N) is 2. The van der Waals surface area contributed by atoms with E-state index < -0.39 is 7.92 Å². The number of carbonyl (C=O) groups excluding carboxylic acids is 1. The quantitative estimate of drug-likeness (QED) is 0.692. The first kappa shape index (κ1) is 19.6. The fraction of sp³-hybridized carbons (Fsp3) is 0.143. The summed E-state index contributed by atoms with van der Waals surface area (Å²) < 4.78 is 0. The monoisotopic (exact) mass is 395 g/mol. The number of amides is 1. The van der Waals surface area contributed by atoms with Gasteiger partial charge in [-0.2, -0.15) is 0 Å². The number of nitrogens with two attached hydrogens (primary N) is 1. The van der Waals surface area contributed by atoms with Gasteiger partial charge in [-0.1, -0.05) is 12.1 Å². The Morgan fingerprint density at radius 1 is 1.04 bits per heavy atom. The third-order valence-corrected chi connectivity index (χ3v) is 6.32. The van der Waals surface area contributed by atoms with Crippen molar-refractivity contribution in [3.63, 3.8) is 0 Å². The van der Waals surface area contributed by atoms with Gasteiger partial charge in [0.25, 0.3) is 5.91 Å². The van der Waals surface area contributed by atoms with Crippen molar-refractivity contribution in [3.8, 4) is 11.5 Å². The first-order chi connectivity index (χ1) is 13.3. The van der Waals surface area contributed by atoms with E-state index in [-0.39, 0.29) is 17.4 Å². The summed E-state index contributed by atoms with van der Waals surface area (Å²) in [5.74, 6) is 0.687. The Morgan fingerprint density at radius 2 is 1.57 bits per heavy atom. The highest BCUT2D eigenvalue weighted by Crippen LogP contribution is 2.38. The molecule has 1 atom stereocenters. The number of phenolic OH excluding ortho intramolecular Hbond substituents is 2. The number of benzene rings is 2. The fourth-order valence-corrected chi connectivity index (χ4v) is 4.24. The van der Waals surface area contributed by atoms with E-state index in [1.807, 2.05) is 32.6 Å². The number of aromatic hydroxyl groups is 2. The molecule has 144 valence electrons. The van der Waals surface area contributed by atoms with Gasteiger partial charge in [0, 0.05) is 6.20 Å². The molecule has 1 heterocycles. The molecule has 4 N–H and O–H groups in total. The predicted octanol–water partition coefficient (Wildman–Crippen LogP) is 3.28. The van der Waals surface area contributed by atoms with Crippen molar-refractivity contribution in [1.29, 1.82) is 0 Å². The second kappa shape index (κ2) is 7.87. The Kier molecular flexibility index (Phi) is 5.52. The molecular weight excluding hydrogens is 373 g/mol. The topological polar surface area (TPSA) is 99.2 Å². The molecular formula is C21H22N3O3P. The van der Waals surface area contributed by atoms with Crippen LogP contribution in [0.4, 0.5) is 0 Å². The Hall–Kier alpha value is -3.11. The largest absolute Gasteiger partial charge is 0.508 e.